The first-order valence-electron chi connectivity index (χ1n) is 5.72. The predicted octanol–water partition coefficient (Wildman–Crippen LogP) is 1.66. The van der Waals surface area contributed by atoms with Gasteiger partial charge in [-0.2, -0.15) is 0 Å². The zero-order chi connectivity index (χ0) is 12.3. The van der Waals surface area contributed by atoms with Crippen molar-refractivity contribution in [2.24, 2.45) is 0 Å². The number of nitrogens with one attached hydrogen (secondary N) is 1. The van der Waals surface area contributed by atoms with Crippen LogP contribution in [0.1, 0.15) is 24.4 Å². The van der Waals surface area contributed by atoms with Crippen LogP contribution in [0, 0.1) is 0 Å². The van der Waals surface area contributed by atoms with Crippen molar-refractivity contribution in [3.05, 3.63) is 29.8 Å². The van der Waals surface area contributed by atoms with E-state index in [4.69, 9.17) is 9.47 Å². The van der Waals surface area contributed by atoms with Gasteiger partial charge >= 0.3 is 5.97 Å². The fourth-order valence-corrected chi connectivity index (χ4v) is 2.17. The van der Waals surface area contributed by atoms with E-state index >= 15 is 0 Å². The monoisotopic (exact) mass is 235 g/mol. The first kappa shape index (κ1) is 11.9. The van der Waals surface area contributed by atoms with Crippen molar-refractivity contribution in [2.45, 2.75) is 24.9 Å². The van der Waals surface area contributed by atoms with E-state index in [9.17, 15) is 4.79 Å². The first-order chi connectivity index (χ1) is 8.24. The van der Waals surface area contributed by atoms with E-state index in [1.165, 1.54) is 12.7 Å². The number of ether oxygens (including phenoxy) is 2. The van der Waals surface area contributed by atoms with Gasteiger partial charge in [0.25, 0.3) is 0 Å². The maximum atomic E-state index is 11.4. The Hall–Kier alpha value is -1.55. The fraction of sp³-hybridized carbons (Fsp3) is 0.462. The molecule has 1 saturated heterocycles. The van der Waals surface area contributed by atoms with Gasteiger partial charge in [-0.05, 0) is 30.5 Å². The molecule has 1 heterocycles. The van der Waals surface area contributed by atoms with Gasteiger partial charge < -0.3 is 9.47 Å². The summed E-state index contributed by atoms with van der Waals surface area (Å²) in [5.74, 6) is 0.664. The normalized spacial score (nSPS) is 23.4. The Balaban J connectivity index is 2.02. The molecule has 1 aromatic rings. The van der Waals surface area contributed by atoms with Gasteiger partial charge in [-0.25, -0.2) is 0 Å². The Kier molecular flexibility index (Phi) is 3.64. The second kappa shape index (κ2) is 5.19. The number of hydrogen-bond acceptors (Lipinski definition) is 4. The second-order valence-corrected chi connectivity index (χ2v) is 4.15. The lowest BCUT2D eigenvalue weighted by Gasteiger charge is -2.13. The maximum Gasteiger partial charge on any atom is 0.322 e. The number of rotatable bonds is 3. The van der Waals surface area contributed by atoms with Crippen LogP contribution in [0.15, 0.2) is 24.3 Å². The molecular weight excluding hydrogens is 218 g/mol. The highest BCUT2D eigenvalue weighted by molar-refractivity contribution is 5.76. The van der Waals surface area contributed by atoms with Gasteiger partial charge in [0.15, 0.2) is 0 Å². The molecule has 0 saturated carbocycles. The second-order valence-electron chi connectivity index (χ2n) is 4.15. The van der Waals surface area contributed by atoms with Crippen LogP contribution in [-0.4, -0.2) is 26.2 Å². The third-order valence-electron chi connectivity index (χ3n) is 3.15. The molecule has 2 atom stereocenters. The predicted molar refractivity (Wildman–Crippen MR) is 63.9 cm³/mol. The van der Waals surface area contributed by atoms with E-state index in [0.717, 1.165) is 18.6 Å². The summed E-state index contributed by atoms with van der Waals surface area (Å²) in [4.78, 5) is 11.4. The molecule has 17 heavy (non-hydrogen) atoms. The molecule has 1 fully saturated rings. The molecule has 1 aliphatic heterocycles. The van der Waals surface area contributed by atoms with Crippen molar-refractivity contribution < 1.29 is 14.3 Å². The lowest BCUT2D eigenvalue weighted by molar-refractivity contribution is -0.142. The van der Waals surface area contributed by atoms with Crippen LogP contribution in [-0.2, 0) is 9.53 Å². The molecule has 0 radical (unpaired) electrons. The molecule has 1 aromatic carbocycles. The lowest BCUT2D eigenvalue weighted by Crippen LogP contribution is -2.33. The summed E-state index contributed by atoms with van der Waals surface area (Å²) in [6, 6.07) is 7.97. The first-order valence-corrected chi connectivity index (χ1v) is 5.72. The van der Waals surface area contributed by atoms with Crippen LogP contribution in [0.5, 0.6) is 5.75 Å². The van der Waals surface area contributed by atoms with Crippen LogP contribution in [0.3, 0.4) is 0 Å². The summed E-state index contributed by atoms with van der Waals surface area (Å²) in [6.07, 6.45) is 1.77. The van der Waals surface area contributed by atoms with Crippen LogP contribution in [0.4, 0.5) is 0 Å². The van der Waals surface area contributed by atoms with Crippen molar-refractivity contribution in [3.63, 3.8) is 0 Å². The minimum Gasteiger partial charge on any atom is -0.497 e. The molecule has 4 nitrogen and oxygen atoms in total. The Labute approximate surface area is 101 Å². The number of carbonyl (C=O) groups excluding carboxylic acids is 1. The number of hydrogen-bond donors (Lipinski definition) is 1. The third-order valence-corrected chi connectivity index (χ3v) is 3.15. The molecule has 2 rings (SSSR count). The lowest BCUT2D eigenvalue weighted by atomic mass is 10.1. The molecular formula is C13H17NO3. The molecule has 1 aliphatic rings. The molecule has 0 bridgehead atoms. The molecule has 4 heteroatoms. The Morgan fingerprint density at radius 3 is 2.53 bits per heavy atom. The summed E-state index contributed by atoms with van der Waals surface area (Å²) in [6.45, 7) is 0. The largest absolute Gasteiger partial charge is 0.497 e. The van der Waals surface area contributed by atoms with E-state index < -0.39 is 0 Å². The number of esters is 1. The number of benzene rings is 1. The maximum absolute atomic E-state index is 11.4. The molecule has 1 N–H and O–H groups in total. The summed E-state index contributed by atoms with van der Waals surface area (Å²) in [7, 11) is 3.07. The van der Waals surface area contributed by atoms with Gasteiger partial charge in [-0.3, -0.25) is 10.1 Å². The fourth-order valence-electron chi connectivity index (χ4n) is 2.17. The smallest absolute Gasteiger partial charge is 0.322 e. The molecule has 0 spiro atoms. The molecule has 0 amide bonds. The zero-order valence-electron chi connectivity index (χ0n) is 10.1. The van der Waals surface area contributed by atoms with Crippen LogP contribution in [0.25, 0.3) is 0 Å². The zero-order valence-corrected chi connectivity index (χ0v) is 10.1. The standard InChI is InChI=1S/C13H17NO3/c1-16-10-5-3-9(4-6-10)11-7-8-12(14-11)13(15)17-2/h3-6,11-12,14H,7-8H2,1-2H3/t11-,12-/m1/s1. The summed E-state index contributed by atoms with van der Waals surface area (Å²) < 4.78 is 9.85. The number of methoxy groups -OCH3 is 2. The molecule has 92 valence electrons. The Morgan fingerprint density at radius 2 is 1.94 bits per heavy atom. The van der Waals surface area contributed by atoms with Gasteiger partial charge in [0, 0.05) is 6.04 Å². The third kappa shape index (κ3) is 2.58. The van der Waals surface area contributed by atoms with Crippen LogP contribution >= 0.6 is 0 Å². The molecule has 0 unspecified atom stereocenters. The van der Waals surface area contributed by atoms with Crippen molar-refractivity contribution in [1.29, 1.82) is 0 Å². The van der Waals surface area contributed by atoms with Gasteiger partial charge in [0.1, 0.15) is 11.8 Å². The van der Waals surface area contributed by atoms with E-state index in [1.54, 1.807) is 7.11 Å². The van der Waals surface area contributed by atoms with Crippen molar-refractivity contribution in [3.8, 4) is 5.75 Å². The Bertz CT molecular complexity index is 388. The highest BCUT2D eigenvalue weighted by Gasteiger charge is 2.30. The quantitative estimate of drug-likeness (QED) is 0.809. The minimum atomic E-state index is -0.180. The summed E-state index contributed by atoms with van der Waals surface area (Å²) >= 11 is 0. The molecule has 0 aromatic heterocycles. The summed E-state index contributed by atoms with van der Waals surface area (Å²) in [5, 5.41) is 3.28. The Morgan fingerprint density at radius 1 is 1.24 bits per heavy atom. The van der Waals surface area contributed by atoms with Crippen molar-refractivity contribution in [2.75, 3.05) is 14.2 Å². The summed E-state index contributed by atoms with van der Waals surface area (Å²) in [5.41, 5.74) is 1.18. The van der Waals surface area contributed by atoms with E-state index in [1.807, 2.05) is 24.3 Å². The van der Waals surface area contributed by atoms with E-state index in [-0.39, 0.29) is 18.1 Å². The van der Waals surface area contributed by atoms with E-state index in [2.05, 4.69) is 5.32 Å². The topological polar surface area (TPSA) is 47.6 Å². The van der Waals surface area contributed by atoms with Gasteiger partial charge in [0.05, 0.1) is 14.2 Å². The average Bonchev–Trinajstić information content (AvgIpc) is 2.87. The average molecular weight is 235 g/mol. The minimum absolute atomic E-state index is 0.174. The molecule has 0 aliphatic carbocycles. The van der Waals surface area contributed by atoms with Gasteiger partial charge in [-0.1, -0.05) is 12.1 Å². The van der Waals surface area contributed by atoms with Crippen LogP contribution < -0.4 is 10.1 Å². The highest BCUT2D eigenvalue weighted by atomic mass is 16.5. The van der Waals surface area contributed by atoms with Gasteiger partial charge in [-0.15, -0.1) is 0 Å². The van der Waals surface area contributed by atoms with Gasteiger partial charge in [0.2, 0.25) is 0 Å². The SMILES string of the molecule is COC(=O)[C@H]1CC[C@H](c2ccc(OC)cc2)N1. The number of carbonyl (C=O) groups is 1. The van der Waals surface area contributed by atoms with Crippen molar-refractivity contribution in [1.82, 2.24) is 5.32 Å². The van der Waals surface area contributed by atoms with Crippen molar-refractivity contribution >= 4 is 5.97 Å². The van der Waals surface area contributed by atoms with E-state index in [0.29, 0.717) is 0 Å². The van der Waals surface area contributed by atoms with Crippen LogP contribution in [0.2, 0.25) is 0 Å². The highest BCUT2D eigenvalue weighted by Crippen LogP contribution is 2.28.